The number of nitrogens with zero attached hydrogens (tertiary/aromatic N) is 1. The maximum absolute atomic E-state index is 13.6. The Morgan fingerprint density at radius 2 is 2.11 bits per heavy atom. The Kier molecular flexibility index (Phi) is 6.38. The van der Waals surface area contributed by atoms with Crippen molar-refractivity contribution in [3.63, 3.8) is 0 Å². The molecule has 0 atom stereocenters. The lowest BCUT2D eigenvalue weighted by Crippen LogP contribution is -2.30. The highest BCUT2D eigenvalue weighted by Gasteiger charge is 2.14. The first-order valence-corrected chi connectivity index (χ1v) is 6.20. The molecule has 0 aliphatic rings. The van der Waals surface area contributed by atoms with Gasteiger partial charge in [-0.25, -0.2) is 4.39 Å². The molecular weight excluding hydrogens is 251 g/mol. The number of benzene rings is 1. The standard InChI is InChI=1S/C13H21FN2O3/c1-3-19-13-9-12(11(15)8-10(13)14)16(4-6-17)5-7-18-2/h8-9,17H,3-7,15H2,1-2H3. The minimum Gasteiger partial charge on any atom is -0.491 e. The van der Waals surface area contributed by atoms with Crippen LogP contribution in [0, 0.1) is 5.82 Å². The zero-order valence-electron chi connectivity index (χ0n) is 11.4. The summed E-state index contributed by atoms with van der Waals surface area (Å²) < 4.78 is 23.8. The lowest BCUT2D eigenvalue weighted by Gasteiger charge is -2.25. The molecule has 0 radical (unpaired) electrons. The Hall–Kier alpha value is -1.53. The number of aliphatic hydroxyl groups excluding tert-OH is 1. The van der Waals surface area contributed by atoms with Crippen molar-refractivity contribution in [2.24, 2.45) is 0 Å². The first-order chi connectivity index (χ1) is 9.13. The van der Waals surface area contributed by atoms with Gasteiger partial charge < -0.3 is 25.2 Å². The third-order valence-electron chi connectivity index (χ3n) is 2.66. The van der Waals surface area contributed by atoms with Gasteiger partial charge in [-0.15, -0.1) is 0 Å². The van der Waals surface area contributed by atoms with Gasteiger partial charge in [0.15, 0.2) is 11.6 Å². The van der Waals surface area contributed by atoms with Crippen LogP contribution in [-0.4, -0.2) is 45.1 Å². The fourth-order valence-electron chi connectivity index (χ4n) is 1.77. The number of hydrogen-bond donors (Lipinski definition) is 2. The number of aliphatic hydroxyl groups is 1. The summed E-state index contributed by atoms with van der Waals surface area (Å²) in [5.41, 5.74) is 6.78. The molecular formula is C13H21FN2O3. The normalized spacial score (nSPS) is 10.5. The van der Waals surface area contributed by atoms with Gasteiger partial charge >= 0.3 is 0 Å². The van der Waals surface area contributed by atoms with Crippen molar-refractivity contribution >= 4 is 11.4 Å². The lowest BCUT2D eigenvalue weighted by atomic mass is 10.2. The Morgan fingerprint density at radius 1 is 1.37 bits per heavy atom. The summed E-state index contributed by atoms with van der Waals surface area (Å²) in [6, 6.07) is 2.79. The van der Waals surface area contributed by atoms with E-state index in [4.69, 9.17) is 20.3 Å². The molecule has 0 aromatic heterocycles. The van der Waals surface area contributed by atoms with Gasteiger partial charge in [0, 0.05) is 32.3 Å². The number of nitrogen functional groups attached to an aromatic ring is 1. The highest BCUT2D eigenvalue weighted by atomic mass is 19.1. The SMILES string of the molecule is CCOc1cc(N(CCO)CCOC)c(N)cc1F. The molecule has 1 aromatic carbocycles. The molecule has 0 saturated heterocycles. The molecule has 0 amide bonds. The molecule has 108 valence electrons. The van der Waals surface area contributed by atoms with Crippen molar-refractivity contribution < 1.29 is 19.0 Å². The van der Waals surface area contributed by atoms with Crippen LogP contribution in [0.1, 0.15) is 6.92 Å². The van der Waals surface area contributed by atoms with Gasteiger partial charge in [-0.2, -0.15) is 0 Å². The number of methoxy groups -OCH3 is 1. The summed E-state index contributed by atoms with van der Waals surface area (Å²) in [5.74, 6) is -0.328. The third-order valence-corrected chi connectivity index (χ3v) is 2.66. The molecule has 0 bridgehead atoms. The number of ether oxygens (including phenoxy) is 2. The quantitative estimate of drug-likeness (QED) is 0.697. The zero-order chi connectivity index (χ0) is 14.3. The van der Waals surface area contributed by atoms with E-state index in [-0.39, 0.29) is 12.4 Å². The van der Waals surface area contributed by atoms with Crippen molar-refractivity contribution in [1.82, 2.24) is 0 Å². The average molecular weight is 272 g/mol. The van der Waals surface area contributed by atoms with E-state index in [1.54, 1.807) is 20.1 Å². The number of halogens is 1. The Bertz CT molecular complexity index is 402. The molecule has 0 saturated carbocycles. The fourth-order valence-corrected chi connectivity index (χ4v) is 1.77. The summed E-state index contributed by atoms with van der Waals surface area (Å²) in [5, 5.41) is 9.09. The predicted octanol–water partition coefficient (Wildman–Crippen LogP) is 1.25. The van der Waals surface area contributed by atoms with Crippen LogP contribution in [0.3, 0.4) is 0 Å². The summed E-state index contributed by atoms with van der Waals surface area (Å²) in [6.07, 6.45) is 0. The van der Waals surface area contributed by atoms with Gasteiger partial charge in [-0.3, -0.25) is 0 Å². The van der Waals surface area contributed by atoms with Crippen LogP contribution in [-0.2, 0) is 4.74 Å². The highest BCUT2D eigenvalue weighted by Crippen LogP contribution is 2.31. The Labute approximate surface area is 112 Å². The fraction of sp³-hybridized carbons (Fsp3) is 0.538. The second-order valence-corrected chi connectivity index (χ2v) is 3.98. The van der Waals surface area contributed by atoms with Crippen molar-refractivity contribution in [2.75, 3.05) is 50.7 Å². The monoisotopic (exact) mass is 272 g/mol. The zero-order valence-corrected chi connectivity index (χ0v) is 11.4. The van der Waals surface area contributed by atoms with Gasteiger partial charge in [-0.1, -0.05) is 0 Å². The van der Waals surface area contributed by atoms with Gasteiger partial charge in [0.25, 0.3) is 0 Å². The molecule has 0 unspecified atom stereocenters. The first-order valence-electron chi connectivity index (χ1n) is 6.20. The Morgan fingerprint density at radius 3 is 2.68 bits per heavy atom. The van der Waals surface area contributed by atoms with E-state index in [1.807, 2.05) is 4.90 Å². The van der Waals surface area contributed by atoms with Crippen LogP contribution in [0.25, 0.3) is 0 Å². The summed E-state index contributed by atoms with van der Waals surface area (Å²) in [6.45, 7) is 3.57. The molecule has 0 aliphatic heterocycles. The van der Waals surface area contributed by atoms with E-state index < -0.39 is 5.82 Å². The molecule has 6 heteroatoms. The predicted molar refractivity (Wildman–Crippen MR) is 73.2 cm³/mol. The van der Waals surface area contributed by atoms with Crippen molar-refractivity contribution in [1.29, 1.82) is 0 Å². The average Bonchev–Trinajstić information content (AvgIpc) is 2.38. The second-order valence-electron chi connectivity index (χ2n) is 3.98. The maximum atomic E-state index is 13.6. The minimum absolute atomic E-state index is 0.0233. The second kappa shape index (κ2) is 7.81. The van der Waals surface area contributed by atoms with E-state index in [0.717, 1.165) is 0 Å². The van der Waals surface area contributed by atoms with Crippen LogP contribution >= 0.6 is 0 Å². The molecule has 19 heavy (non-hydrogen) atoms. The molecule has 0 aliphatic carbocycles. The van der Waals surface area contributed by atoms with Gasteiger partial charge in [0.1, 0.15) is 0 Å². The van der Waals surface area contributed by atoms with Crippen LogP contribution in [0.5, 0.6) is 5.75 Å². The number of hydrogen-bond acceptors (Lipinski definition) is 5. The van der Waals surface area contributed by atoms with Crippen LogP contribution in [0.4, 0.5) is 15.8 Å². The molecule has 5 nitrogen and oxygen atoms in total. The summed E-state index contributed by atoms with van der Waals surface area (Å²) in [7, 11) is 1.59. The van der Waals surface area contributed by atoms with E-state index in [0.29, 0.717) is 37.7 Å². The van der Waals surface area contributed by atoms with Gasteiger partial charge in [0.2, 0.25) is 0 Å². The number of rotatable bonds is 8. The van der Waals surface area contributed by atoms with Gasteiger partial charge in [0.05, 0.1) is 31.2 Å². The van der Waals surface area contributed by atoms with E-state index in [9.17, 15) is 4.39 Å². The Balaban J connectivity index is 3.02. The molecule has 0 heterocycles. The van der Waals surface area contributed by atoms with E-state index in [2.05, 4.69) is 0 Å². The van der Waals surface area contributed by atoms with Crippen molar-refractivity contribution in [3.8, 4) is 5.75 Å². The smallest absolute Gasteiger partial charge is 0.167 e. The lowest BCUT2D eigenvalue weighted by molar-refractivity contribution is 0.203. The summed E-state index contributed by atoms with van der Waals surface area (Å²) in [4.78, 5) is 1.83. The molecule has 1 aromatic rings. The highest BCUT2D eigenvalue weighted by molar-refractivity contribution is 5.70. The molecule has 0 fully saturated rings. The summed E-state index contributed by atoms with van der Waals surface area (Å²) >= 11 is 0. The molecule has 1 rings (SSSR count). The van der Waals surface area contributed by atoms with Crippen molar-refractivity contribution in [2.45, 2.75) is 6.92 Å². The topological polar surface area (TPSA) is 68.0 Å². The molecule has 3 N–H and O–H groups in total. The van der Waals surface area contributed by atoms with Crippen molar-refractivity contribution in [3.05, 3.63) is 17.9 Å². The maximum Gasteiger partial charge on any atom is 0.167 e. The number of nitrogens with two attached hydrogens (primary N) is 1. The third kappa shape index (κ3) is 4.25. The van der Waals surface area contributed by atoms with E-state index >= 15 is 0 Å². The van der Waals surface area contributed by atoms with Gasteiger partial charge in [-0.05, 0) is 6.92 Å². The minimum atomic E-state index is -0.487. The largest absolute Gasteiger partial charge is 0.491 e. The van der Waals surface area contributed by atoms with E-state index in [1.165, 1.54) is 6.07 Å². The van der Waals surface area contributed by atoms with Crippen LogP contribution < -0.4 is 15.4 Å². The van der Waals surface area contributed by atoms with Crippen LogP contribution in [0.15, 0.2) is 12.1 Å². The first kappa shape index (κ1) is 15.5. The number of anilines is 2. The van der Waals surface area contributed by atoms with Crippen LogP contribution in [0.2, 0.25) is 0 Å². The molecule has 0 spiro atoms.